The maximum absolute atomic E-state index is 13.5. The van der Waals surface area contributed by atoms with Gasteiger partial charge >= 0.3 is 0 Å². The number of benzene rings is 2. The van der Waals surface area contributed by atoms with Gasteiger partial charge in [0, 0.05) is 21.1 Å². The van der Waals surface area contributed by atoms with Crippen molar-refractivity contribution < 1.29 is 19.1 Å². The Bertz CT molecular complexity index is 973. The minimum atomic E-state index is -0.936. The standard InChI is InChI=1S/C21H18Cl2FNO3/c1-21(2,3)19(27)16-17(11-4-6-14(24)7-5-11)25(20(28)18(16)26)15-9-12(22)8-13(23)10-15/h4-10,17,26H,1-3H3. The SMILES string of the molecule is CC(C)(C)C(=O)C1=C(O)C(=O)N(c2cc(Cl)cc(Cl)c2)C1c1ccc(F)cc1. The molecule has 1 unspecified atom stereocenters. The van der Waals surface area contributed by atoms with Crippen LogP contribution in [-0.2, 0) is 9.59 Å². The zero-order valence-corrected chi connectivity index (χ0v) is 17.0. The summed E-state index contributed by atoms with van der Waals surface area (Å²) in [6.07, 6.45) is 0. The molecular weight excluding hydrogens is 404 g/mol. The van der Waals surface area contributed by atoms with E-state index in [9.17, 15) is 19.1 Å². The van der Waals surface area contributed by atoms with Crippen LogP contribution in [0.1, 0.15) is 32.4 Å². The van der Waals surface area contributed by atoms with Gasteiger partial charge in [0.15, 0.2) is 11.5 Å². The van der Waals surface area contributed by atoms with E-state index in [4.69, 9.17) is 23.2 Å². The Balaban J connectivity index is 2.23. The first-order chi connectivity index (χ1) is 13.0. The fourth-order valence-corrected chi connectivity index (χ4v) is 3.66. The monoisotopic (exact) mass is 421 g/mol. The summed E-state index contributed by atoms with van der Waals surface area (Å²) in [7, 11) is 0. The lowest BCUT2D eigenvalue weighted by molar-refractivity contribution is -0.123. The van der Waals surface area contributed by atoms with E-state index in [2.05, 4.69) is 0 Å². The van der Waals surface area contributed by atoms with Crippen molar-refractivity contribution >= 4 is 40.6 Å². The molecule has 1 aliphatic rings. The Labute approximate surface area is 172 Å². The van der Waals surface area contributed by atoms with Crippen LogP contribution in [0.4, 0.5) is 10.1 Å². The summed E-state index contributed by atoms with van der Waals surface area (Å²) in [5.41, 5.74) is -0.0908. The number of aliphatic hydroxyl groups excluding tert-OH is 1. The van der Waals surface area contributed by atoms with Gasteiger partial charge in [0.25, 0.3) is 5.91 Å². The lowest BCUT2D eigenvalue weighted by Crippen LogP contribution is -2.32. The number of nitrogens with zero attached hydrogens (tertiary/aromatic N) is 1. The van der Waals surface area contributed by atoms with Crippen LogP contribution in [0.5, 0.6) is 0 Å². The van der Waals surface area contributed by atoms with Crippen LogP contribution in [0.25, 0.3) is 0 Å². The van der Waals surface area contributed by atoms with Crippen LogP contribution in [0.15, 0.2) is 53.8 Å². The summed E-state index contributed by atoms with van der Waals surface area (Å²) in [5, 5.41) is 11.2. The van der Waals surface area contributed by atoms with Gasteiger partial charge in [-0.2, -0.15) is 0 Å². The molecule has 0 aromatic heterocycles. The Morgan fingerprint density at radius 2 is 1.61 bits per heavy atom. The third-order valence-corrected chi connectivity index (χ3v) is 4.88. The second-order valence-corrected chi connectivity index (χ2v) is 8.47. The van der Waals surface area contributed by atoms with Crippen LogP contribution in [0, 0.1) is 11.2 Å². The highest BCUT2D eigenvalue weighted by Crippen LogP contribution is 2.44. The maximum atomic E-state index is 13.5. The fourth-order valence-electron chi connectivity index (χ4n) is 3.15. The summed E-state index contributed by atoms with van der Waals surface area (Å²) in [4.78, 5) is 27.2. The van der Waals surface area contributed by atoms with Crippen molar-refractivity contribution in [1.29, 1.82) is 0 Å². The molecule has 0 spiro atoms. The molecule has 1 amide bonds. The first-order valence-corrected chi connectivity index (χ1v) is 9.29. The number of amides is 1. The number of aliphatic hydroxyl groups is 1. The molecule has 28 heavy (non-hydrogen) atoms. The molecule has 1 heterocycles. The van der Waals surface area contributed by atoms with Crippen molar-refractivity contribution in [2.45, 2.75) is 26.8 Å². The van der Waals surface area contributed by atoms with Crippen LogP contribution in [-0.4, -0.2) is 16.8 Å². The Hall–Kier alpha value is -2.37. The van der Waals surface area contributed by atoms with E-state index in [0.29, 0.717) is 21.3 Å². The fraction of sp³-hybridized carbons (Fsp3) is 0.238. The van der Waals surface area contributed by atoms with Crippen molar-refractivity contribution in [2.75, 3.05) is 4.90 Å². The number of hydrogen-bond donors (Lipinski definition) is 1. The average molecular weight is 422 g/mol. The van der Waals surface area contributed by atoms with Crippen LogP contribution in [0.2, 0.25) is 10.0 Å². The van der Waals surface area contributed by atoms with Gasteiger partial charge in [0.1, 0.15) is 5.82 Å². The van der Waals surface area contributed by atoms with E-state index >= 15 is 0 Å². The third kappa shape index (κ3) is 3.64. The minimum Gasteiger partial charge on any atom is -0.503 e. The molecule has 1 N–H and O–H groups in total. The van der Waals surface area contributed by atoms with Gasteiger partial charge in [0.2, 0.25) is 0 Å². The third-order valence-electron chi connectivity index (χ3n) is 4.45. The lowest BCUT2D eigenvalue weighted by Gasteiger charge is -2.29. The molecular formula is C21H18Cl2FNO3. The quantitative estimate of drug-likeness (QED) is 0.696. The topological polar surface area (TPSA) is 57.6 Å². The molecule has 0 fully saturated rings. The predicted octanol–water partition coefficient (Wildman–Crippen LogP) is 5.65. The summed E-state index contributed by atoms with van der Waals surface area (Å²) < 4.78 is 13.5. The van der Waals surface area contributed by atoms with E-state index in [0.717, 1.165) is 0 Å². The predicted molar refractivity (Wildman–Crippen MR) is 107 cm³/mol. The molecule has 3 rings (SSSR count). The highest BCUT2D eigenvalue weighted by molar-refractivity contribution is 6.35. The Morgan fingerprint density at radius 1 is 1.07 bits per heavy atom. The number of ketones is 1. The first kappa shape index (κ1) is 20.4. The number of anilines is 1. The molecule has 0 radical (unpaired) electrons. The average Bonchev–Trinajstić information content (AvgIpc) is 2.84. The zero-order valence-electron chi connectivity index (χ0n) is 15.5. The van der Waals surface area contributed by atoms with E-state index in [1.54, 1.807) is 20.8 Å². The summed E-state index contributed by atoms with van der Waals surface area (Å²) in [6.45, 7) is 5.09. The van der Waals surface area contributed by atoms with Gasteiger partial charge in [-0.25, -0.2) is 4.39 Å². The highest BCUT2D eigenvalue weighted by atomic mass is 35.5. The number of hydrogen-bond acceptors (Lipinski definition) is 3. The lowest BCUT2D eigenvalue weighted by atomic mass is 9.82. The number of carbonyl (C=O) groups excluding carboxylic acids is 2. The molecule has 0 saturated heterocycles. The number of carbonyl (C=O) groups is 2. The Kier molecular flexibility index (Phi) is 5.26. The molecule has 0 saturated carbocycles. The second kappa shape index (κ2) is 7.22. The van der Waals surface area contributed by atoms with E-state index in [1.807, 2.05) is 0 Å². The molecule has 0 bridgehead atoms. The van der Waals surface area contributed by atoms with Crippen LogP contribution >= 0.6 is 23.2 Å². The van der Waals surface area contributed by atoms with Crippen molar-refractivity contribution in [3.8, 4) is 0 Å². The van der Waals surface area contributed by atoms with Crippen molar-refractivity contribution in [1.82, 2.24) is 0 Å². The van der Waals surface area contributed by atoms with Crippen molar-refractivity contribution in [2.24, 2.45) is 5.41 Å². The number of rotatable bonds is 3. The smallest absolute Gasteiger partial charge is 0.294 e. The molecule has 2 aromatic rings. The Morgan fingerprint density at radius 3 is 2.11 bits per heavy atom. The molecule has 2 aromatic carbocycles. The van der Waals surface area contributed by atoms with Gasteiger partial charge in [-0.15, -0.1) is 0 Å². The van der Waals surface area contributed by atoms with Crippen molar-refractivity contribution in [3.63, 3.8) is 0 Å². The number of Topliss-reactive ketones (excluding diaryl/α,β-unsaturated/α-hetero) is 1. The number of halogens is 3. The van der Waals surface area contributed by atoms with Crippen LogP contribution < -0.4 is 4.90 Å². The van der Waals surface area contributed by atoms with Crippen molar-refractivity contribution in [3.05, 3.63) is 75.2 Å². The summed E-state index contributed by atoms with van der Waals surface area (Å²) in [6, 6.07) is 9.01. The molecule has 146 valence electrons. The molecule has 1 atom stereocenters. The first-order valence-electron chi connectivity index (χ1n) is 8.53. The van der Waals surface area contributed by atoms with Crippen LogP contribution in [0.3, 0.4) is 0 Å². The molecule has 0 aliphatic carbocycles. The summed E-state index contributed by atoms with van der Waals surface area (Å²) in [5.74, 6) is -2.23. The van der Waals surface area contributed by atoms with E-state index in [1.165, 1.54) is 47.4 Å². The van der Waals surface area contributed by atoms with Gasteiger partial charge < -0.3 is 5.11 Å². The molecule has 4 nitrogen and oxygen atoms in total. The normalized spacial score (nSPS) is 17.4. The zero-order chi connectivity index (χ0) is 20.8. The second-order valence-electron chi connectivity index (χ2n) is 7.60. The van der Waals surface area contributed by atoms with Gasteiger partial charge in [-0.3, -0.25) is 14.5 Å². The van der Waals surface area contributed by atoms with Gasteiger partial charge in [-0.05, 0) is 35.9 Å². The maximum Gasteiger partial charge on any atom is 0.294 e. The largest absolute Gasteiger partial charge is 0.503 e. The molecule has 1 aliphatic heterocycles. The van der Waals surface area contributed by atoms with E-state index in [-0.39, 0.29) is 11.4 Å². The highest BCUT2D eigenvalue weighted by Gasteiger charge is 2.46. The minimum absolute atomic E-state index is 0.0415. The molecule has 7 heteroatoms. The summed E-state index contributed by atoms with van der Waals surface area (Å²) >= 11 is 12.2. The van der Waals surface area contributed by atoms with Gasteiger partial charge in [0.05, 0.1) is 11.6 Å². The van der Waals surface area contributed by atoms with E-state index < -0.39 is 28.9 Å². The van der Waals surface area contributed by atoms with Gasteiger partial charge in [-0.1, -0.05) is 56.1 Å².